The molecule has 6 heteroatoms. The van der Waals surface area contributed by atoms with E-state index in [-0.39, 0.29) is 18.8 Å². The lowest BCUT2D eigenvalue weighted by atomic mass is 10.2. The molecule has 0 aliphatic rings. The summed E-state index contributed by atoms with van der Waals surface area (Å²) in [5.74, 6) is -0.328. The minimum absolute atomic E-state index is 0.152. The second-order valence-corrected chi connectivity index (χ2v) is 4.58. The third kappa shape index (κ3) is 4.86. The molecular formula is C12H15BrF3NO. The minimum Gasteiger partial charge on any atom is -0.494 e. The Balaban J connectivity index is 2.71. The quantitative estimate of drug-likeness (QED) is 0.713. The molecule has 0 saturated heterocycles. The van der Waals surface area contributed by atoms with E-state index in [1.54, 1.807) is 11.0 Å². The van der Waals surface area contributed by atoms with Crippen molar-refractivity contribution in [3.8, 4) is 5.75 Å². The number of nitrogens with zero attached hydrogens (tertiary/aromatic N) is 1. The van der Waals surface area contributed by atoms with Crippen molar-refractivity contribution in [3.63, 3.8) is 0 Å². The van der Waals surface area contributed by atoms with E-state index in [1.807, 2.05) is 0 Å². The van der Waals surface area contributed by atoms with Gasteiger partial charge in [0, 0.05) is 18.4 Å². The van der Waals surface area contributed by atoms with Crippen molar-refractivity contribution in [2.45, 2.75) is 13.0 Å². The van der Waals surface area contributed by atoms with Crippen LogP contribution < -0.4 is 4.74 Å². The lowest BCUT2D eigenvalue weighted by Gasteiger charge is -2.21. The predicted octanol–water partition coefficient (Wildman–Crippen LogP) is 3.30. The first-order valence-corrected chi connectivity index (χ1v) is 6.58. The van der Waals surface area contributed by atoms with Crippen LogP contribution in [0.25, 0.3) is 0 Å². The standard InChI is InChI=1S/C12H15BrF3NO/c1-18-11-3-2-9(6-10(11)14)7-17(5-4-13)8-12(15)16/h2-3,6,12H,4-5,7-8H2,1H3. The largest absolute Gasteiger partial charge is 0.494 e. The van der Waals surface area contributed by atoms with Crippen LogP contribution in [-0.4, -0.2) is 36.9 Å². The molecule has 0 fully saturated rings. The molecule has 1 aromatic rings. The molecule has 0 bridgehead atoms. The van der Waals surface area contributed by atoms with E-state index in [4.69, 9.17) is 4.74 Å². The van der Waals surface area contributed by atoms with Crippen LogP contribution in [0.1, 0.15) is 5.56 Å². The molecule has 0 amide bonds. The first-order valence-electron chi connectivity index (χ1n) is 5.45. The molecule has 0 unspecified atom stereocenters. The van der Waals surface area contributed by atoms with Crippen molar-refractivity contribution in [1.29, 1.82) is 0 Å². The van der Waals surface area contributed by atoms with E-state index in [0.717, 1.165) is 0 Å². The van der Waals surface area contributed by atoms with Crippen molar-refractivity contribution >= 4 is 15.9 Å². The zero-order chi connectivity index (χ0) is 13.5. The second-order valence-electron chi connectivity index (χ2n) is 3.78. The number of benzene rings is 1. The van der Waals surface area contributed by atoms with Crippen molar-refractivity contribution < 1.29 is 17.9 Å². The Morgan fingerprint density at radius 3 is 2.61 bits per heavy atom. The molecule has 0 saturated carbocycles. The van der Waals surface area contributed by atoms with Crippen LogP contribution in [0, 0.1) is 5.82 Å². The van der Waals surface area contributed by atoms with Crippen LogP contribution in [0.15, 0.2) is 18.2 Å². The molecule has 0 spiro atoms. The van der Waals surface area contributed by atoms with Crippen molar-refractivity contribution in [3.05, 3.63) is 29.6 Å². The van der Waals surface area contributed by atoms with Crippen molar-refractivity contribution in [1.82, 2.24) is 4.90 Å². The molecule has 1 aromatic carbocycles. The highest BCUT2D eigenvalue weighted by Gasteiger charge is 2.13. The van der Waals surface area contributed by atoms with Crippen molar-refractivity contribution in [2.75, 3.05) is 25.5 Å². The van der Waals surface area contributed by atoms with E-state index in [0.29, 0.717) is 17.4 Å². The first kappa shape index (κ1) is 15.3. The summed E-state index contributed by atoms with van der Waals surface area (Å²) in [5, 5.41) is 0.596. The maximum Gasteiger partial charge on any atom is 0.251 e. The zero-order valence-corrected chi connectivity index (χ0v) is 11.6. The fourth-order valence-electron chi connectivity index (χ4n) is 1.62. The highest BCUT2D eigenvalue weighted by atomic mass is 79.9. The van der Waals surface area contributed by atoms with Gasteiger partial charge in [-0.25, -0.2) is 13.2 Å². The molecule has 2 nitrogen and oxygen atoms in total. The lowest BCUT2D eigenvalue weighted by molar-refractivity contribution is 0.0881. The summed E-state index contributed by atoms with van der Waals surface area (Å²) < 4.78 is 43.0. The smallest absolute Gasteiger partial charge is 0.251 e. The van der Waals surface area contributed by atoms with E-state index in [1.165, 1.54) is 19.2 Å². The van der Waals surface area contributed by atoms with Gasteiger partial charge in [-0.15, -0.1) is 0 Å². The molecule has 18 heavy (non-hydrogen) atoms. The first-order chi connectivity index (χ1) is 8.56. The highest BCUT2D eigenvalue weighted by Crippen LogP contribution is 2.19. The van der Waals surface area contributed by atoms with E-state index in [2.05, 4.69) is 15.9 Å². The molecule has 0 N–H and O–H groups in total. The molecule has 0 aliphatic heterocycles. The minimum atomic E-state index is -2.40. The Morgan fingerprint density at radius 1 is 1.39 bits per heavy atom. The number of hydrogen-bond acceptors (Lipinski definition) is 2. The summed E-state index contributed by atoms with van der Waals surface area (Å²) in [5.41, 5.74) is 0.648. The second kappa shape index (κ2) is 7.63. The van der Waals surface area contributed by atoms with Crippen molar-refractivity contribution in [2.24, 2.45) is 0 Å². The van der Waals surface area contributed by atoms with Crippen LogP contribution in [0.4, 0.5) is 13.2 Å². The third-order valence-corrected chi connectivity index (χ3v) is 2.77. The van der Waals surface area contributed by atoms with Crippen LogP contribution in [0.5, 0.6) is 5.75 Å². The van der Waals surface area contributed by atoms with E-state index < -0.39 is 12.2 Å². The summed E-state index contributed by atoms with van der Waals surface area (Å²) in [4.78, 5) is 1.57. The van der Waals surface area contributed by atoms with Gasteiger partial charge in [0.2, 0.25) is 0 Å². The van der Waals surface area contributed by atoms with E-state index in [9.17, 15) is 13.2 Å². The molecule has 0 atom stereocenters. The van der Waals surface area contributed by atoms with Gasteiger partial charge in [-0.05, 0) is 17.7 Å². The summed E-state index contributed by atoms with van der Waals surface area (Å²) in [6.07, 6.45) is -2.40. The van der Waals surface area contributed by atoms with Crippen LogP contribution in [0.3, 0.4) is 0 Å². The molecule has 1 rings (SSSR count). The highest BCUT2D eigenvalue weighted by molar-refractivity contribution is 9.09. The normalized spacial score (nSPS) is 11.3. The topological polar surface area (TPSA) is 12.5 Å². The van der Waals surface area contributed by atoms with Gasteiger partial charge in [-0.3, -0.25) is 4.90 Å². The Morgan fingerprint density at radius 2 is 2.11 bits per heavy atom. The van der Waals surface area contributed by atoms with Gasteiger partial charge in [0.25, 0.3) is 6.43 Å². The fourth-order valence-corrected chi connectivity index (χ4v) is 2.12. The Labute approximate surface area is 113 Å². The predicted molar refractivity (Wildman–Crippen MR) is 68.0 cm³/mol. The number of alkyl halides is 3. The Hall–Kier alpha value is -0.750. The zero-order valence-electron chi connectivity index (χ0n) is 10.0. The van der Waals surface area contributed by atoms with Gasteiger partial charge in [0.05, 0.1) is 13.7 Å². The Kier molecular flexibility index (Phi) is 6.49. The molecule has 0 heterocycles. The number of ether oxygens (including phenoxy) is 1. The monoisotopic (exact) mass is 325 g/mol. The third-order valence-electron chi connectivity index (χ3n) is 2.42. The summed E-state index contributed by atoms with van der Waals surface area (Å²) in [6, 6.07) is 4.49. The van der Waals surface area contributed by atoms with Crippen LogP contribution in [0.2, 0.25) is 0 Å². The molecular weight excluding hydrogens is 311 g/mol. The fraction of sp³-hybridized carbons (Fsp3) is 0.500. The molecule has 0 aromatic heterocycles. The average Bonchev–Trinajstić information content (AvgIpc) is 2.28. The van der Waals surface area contributed by atoms with Gasteiger partial charge < -0.3 is 4.74 Å². The molecule has 0 radical (unpaired) electrons. The summed E-state index contributed by atoms with van der Waals surface area (Å²) in [6.45, 7) is 0.452. The number of halogens is 4. The van der Waals surface area contributed by atoms with E-state index >= 15 is 0 Å². The van der Waals surface area contributed by atoms with Crippen LogP contribution >= 0.6 is 15.9 Å². The van der Waals surface area contributed by atoms with Gasteiger partial charge in [0.15, 0.2) is 11.6 Å². The van der Waals surface area contributed by atoms with Gasteiger partial charge >= 0.3 is 0 Å². The van der Waals surface area contributed by atoms with Gasteiger partial charge in [-0.1, -0.05) is 22.0 Å². The van der Waals surface area contributed by atoms with Crippen LogP contribution in [-0.2, 0) is 6.54 Å². The number of methoxy groups -OCH3 is 1. The summed E-state index contributed by atoms with van der Waals surface area (Å²) in [7, 11) is 1.38. The summed E-state index contributed by atoms with van der Waals surface area (Å²) >= 11 is 3.21. The molecule has 0 aliphatic carbocycles. The van der Waals surface area contributed by atoms with Gasteiger partial charge in [-0.2, -0.15) is 0 Å². The maximum atomic E-state index is 13.4. The SMILES string of the molecule is COc1ccc(CN(CCBr)CC(F)F)cc1F. The molecule has 102 valence electrons. The number of hydrogen-bond donors (Lipinski definition) is 0. The average molecular weight is 326 g/mol. The van der Waals surface area contributed by atoms with Gasteiger partial charge in [0.1, 0.15) is 0 Å². The Bertz CT molecular complexity index is 376. The maximum absolute atomic E-state index is 13.4. The lowest BCUT2D eigenvalue weighted by Crippen LogP contribution is -2.30. The number of rotatable bonds is 7.